The molecular formula is C13H16Cl2F2N2O2S. The number of alkyl halides is 2. The average molecular weight is 373 g/mol. The van der Waals surface area contributed by atoms with Crippen molar-refractivity contribution in [1.82, 2.24) is 0 Å². The summed E-state index contributed by atoms with van der Waals surface area (Å²) in [5.74, 6) is -2.99. The van der Waals surface area contributed by atoms with Crippen LogP contribution in [-0.2, 0) is 9.53 Å². The Morgan fingerprint density at radius 2 is 2.23 bits per heavy atom. The smallest absolute Gasteiger partial charge is 0.289 e. The van der Waals surface area contributed by atoms with E-state index in [-0.39, 0.29) is 40.0 Å². The van der Waals surface area contributed by atoms with Crippen LogP contribution < -0.4 is 11.1 Å². The van der Waals surface area contributed by atoms with E-state index in [0.29, 0.717) is 31.1 Å². The first-order valence-electron chi connectivity index (χ1n) is 6.41. The summed E-state index contributed by atoms with van der Waals surface area (Å²) in [6.07, 6.45) is 0.533. The van der Waals surface area contributed by atoms with Crippen LogP contribution in [0.3, 0.4) is 0 Å². The van der Waals surface area contributed by atoms with Gasteiger partial charge >= 0.3 is 0 Å². The van der Waals surface area contributed by atoms with Gasteiger partial charge in [-0.25, -0.2) is 0 Å². The molecule has 1 amide bonds. The van der Waals surface area contributed by atoms with Gasteiger partial charge in [-0.15, -0.1) is 12.4 Å². The number of nitrogens with one attached hydrogen (secondary N) is 1. The third kappa shape index (κ3) is 4.96. The van der Waals surface area contributed by atoms with Crippen molar-refractivity contribution in [1.29, 1.82) is 0 Å². The van der Waals surface area contributed by atoms with Crippen LogP contribution in [0.15, 0.2) is 23.1 Å². The van der Waals surface area contributed by atoms with Crippen molar-refractivity contribution in [2.24, 2.45) is 5.73 Å². The van der Waals surface area contributed by atoms with Crippen LogP contribution in [0, 0.1) is 0 Å². The zero-order valence-electron chi connectivity index (χ0n) is 11.4. The van der Waals surface area contributed by atoms with Gasteiger partial charge in [-0.05, 0) is 25.0 Å². The summed E-state index contributed by atoms with van der Waals surface area (Å²) in [6.45, 7) is 0.355. The van der Waals surface area contributed by atoms with E-state index in [1.807, 2.05) is 0 Å². The highest BCUT2D eigenvalue weighted by Crippen LogP contribution is 2.37. The Balaban J connectivity index is 0.00000242. The molecule has 2 atom stereocenters. The topological polar surface area (TPSA) is 64.4 Å². The molecule has 9 heteroatoms. The molecule has 2 rings (SSSR count). The number of anilines is 1. The summed E-state index contributed by atoms with van der Waals surface area (Å²) in [7, 11) is 0. The first-order chi connectivity index (χ1) is 10.0. The number of carbonyl (C=O) groups is 1. The number of rotatable bonds is 5. The number of carbonyl (C=O) groups excluding carboxylic acids is 1. The summed E-state index contributed by atoms with van der Waals surface area (Å²) in [4.78, 5) is 12.3. The van der Waals surface area contributed by atoms with Crippen LogP contribution in [0.1, 0.15) is 12.8 Å². The third-order valence-corrected chi connectivity index (χ3v) is 4.38. The van der Waals surface area contributed by atoms with Gasteiger partial charge in [0.15, 0.2) is 0 Å². The second kappa shape index (κ2) is 8.88. The summed E-state index contributed by atoms with van der Waals surface area (Å²) in [5.41, 5.74) is 5.75. The molecule has 0 spiro atoms. The van der Waals surface area contributed by atoms with Crippen LogP contribution in [0.4, 0.5) is 14.5 Å². The minimum atomic E-state index is -2.62. The summed E-state index contributed by atoms with van der Waals surface area (Å²) < 4.78 is 30.6. The molecule has 1 saturated heterocycles. The fourth-order valence-electron chi connectivity index (χ4n) is 2.10. The van der Waals surface area contributed by atoms with Crippen LogP contribution in [0.25, 0.3) is 0 Å². The van der Waals surface area contributed by atoms with Crippen LogP contribution >= 0.6 is 35.8 Å². The first-order valence-corrected chi connectivity index (χ1v) is 7.66. The predicted molar refractivity (Wildman–Crippen MR) is 86.1 cm³/mol. The van der Waals surface area contributed by atoms with Gasteiger partial charge in [0.2, 0.25) is 0 Å². The molecule has 22 heavy (non-hydrogen) atoms. The number of nitrogens with two attached hydrogens (primary N) is 1. The second-order valence-electron chi connectivity index (χ2n) is 4.54. The molecule has 3 N–H and O–H groups in total. The van der Waals surface area contributed by atoms with Crippen molar-refractivity contribution in [3.63, 3.8) is 0 Å². The van der Waals surface area contributed by atoms with Gasteiger partial charge in [0.25, 0.3) is 11.7 Å². The molecule has 0 bridgehead atoms. The van der Waals surface area contributed by atoms with E-state index in [1.54, 1.807) is 6.07 Å². The first kappa shape index (κ1) is 19.4. The van der Waals surface area contributed by atoms with Crippen LogP contribution in [-0.4, -0.2) is 30.4 Å². The van der Waals surface area contributed by atoms with E-state index in [2.05, 4.69) is 5.32 Å². The fourth-order valence-corrected chi connectivity index (χ4v) is 3.01. The summed E-state index contributed by atoms with van der Waals surface area (Å²) >= 11 is 6.21. The number of benzene rings is 1. The zero-order valence-corrected chi connectivity index (χ0v) is 13.8. The van der Waals surface area contributed by atoms with Crippen molar-refractivity contribution < 1.29 is 18.3 Å². The predicted octanol–water partition coefficient (Wildman–Crippen LogP) is 3.52. The maximum atomic E-state index is 12.6. The largest absolute Gasteiger partial charge is 0.364 e. The fraction of sp³-hybridized carbons (Fsp3) is 0.462. The molecule has 0 aromatic heterocycles. The highest BCUT2D eigenvalue weighted by atomic mass is 35.5. The molecule has 0 saturated carbocycles. The molecule has 1 aromatic rings. The molecule has 124 valence electrons. The minimum Gasteiger partial charge on any atom is -0.364 e. The highest BCUT2D eigenvalue weighted by molar-refractivity contribution is 7.99. The second-order valence-corrected chi connectivity index (χ2v) is 5.95. The standard InChI is InChI=1S/C13H15ClF2N2O2S.ClH/c14-8-2-1-3-9(11(8)21-13(15)16)18-12(19)10-5-4-7(6-17)20-10;/h1-3,7,10,13H,4-6,17H2,(H,18,19);1H/t7-,10+;/m1./s1. The Labute approximate surface area is 142 Å². The van der Waals surface area contributed by atoms with Crippen LogP contribution in [0.2, 0.25) is 5.02 Å². The van der Waals surface area contributed by atoms with E-state index in [0.717, 1.165) is 0 Å². The quantitative estimate of drug-likeness (QED) is 0.776. The van der Waals surface area contributed by atoms with E-state index in [4.69, 9.17) is 22.1 Å². The minimum absolute atomic E-state index is 0. The van der Waals surface area contributed by atoms with Gasteiger partial charge in [-0.1, -0.05) is 29.4 Å². The number of hydrogen-bond acceptors (Lipinski definition) is 4. The Morgan fingerprint density at radius 1 is 1.50 bits per heavy atom. The van der Waals surface area contributed by atoms with Crippen molar-refractivity contribution >= 4 is 47.4 Å². The lowest BCUT2D eigenvalue weighted by Gasteiger charge is -2.15. The summed E-state index contributed by atoms with van der Waals surface area (Å²) in [5, 5.41) is 2.77. The lowest BCUT2D eigenvalue weighted by Crippen LogP contribution is -2.30. The Bertz CT molecular complexity index is 523. The Kier molecular flexibility index (Phi) is 7.85. The molecule has 0 aliphatic carbocycles. The number of hydrogen-bond donors (Lipinski definition) is 2. The van der Waals surface area contributed by atoms with Gasteiger partial charge in [0, 0.05) is 6.54 Å². The molecule has 1 aromatic carbocycles. The van der Waals surface area contributed by atoms with E-state index in [1.165, 1.54) is 12.1 Å². The zero-order chi connectivity index (χ0) is 15.4. The van der Waals surface area contributed by atoms with Gasteiger partial charge in [0.05, 0.1) is 21.7 Å². The van der Waals surface area contributed by atoms with Gasteiger partial charge in [0.1, 0.15) is 6.10 Å². The van der Waals surface area contributed by atoms with E-state index < -0.39 is 11.9 Å². The van der Waals surface area contributed by atoms with Gasteiger partial charge < -0.3 is 15.8 Å². The number of halogens is 4. The maximum absolute atomic E-state index is 12.6. The maximum Gasteiger partial charge on any atom is 0.289 e. The monoisotopic (exact) mass is 372 g/mol. The third-order valence-electron chi connectivity index (χ3n) is 3.09. The van der Waals surface area contributed by atoms with E-state index >= 15 is 0 Å². The molecule has 1 aliphatic rings. The molecule has 1 heterocycles. The lowest BCUT2D eigenvalue weighted by atomic mass is 10.2. The Hall–Kier alpha value is -0.600. The molecule has 0 radical (unpaired) electrons. The van der Waals surface area contributed by atoms with Gasteiger partial charge in [-0.2, -0.15) is 8.78 Å². The normalized spacial score (nSPS) is 20.8. The number of amides is 1. The highest BCUT2D eigenvalue weighted by Gasteiger charge is 2.30. The SMILES string of the molecule is Cl.NC[C@H]1CC[C@@H](C(=O)Nc2cccc(Cl)c2SC(F)F)O1. The number of thioether (sulfide) groups is 1. The van der Waals surface area contributed by atoms with Crippen molar-refractivity contribution in [2.45, 2.75) is 35.7 Å². The molecule has 4 nitrogen and oxygen atoms in total. The number of ether oxygens (including phenoxy) is 1. The van der Waals surface area contributed by atoms with Crippen molar-refractivity contribution in [3.8, 4) is 0 Å². The van der Waals surface area contributed by atoms with Crippen molar-refractivity contribution in [3.05, 3.63) is 23.2 Å². The van der Waals surface area contributed by atoms with Crippen LogP contribution in [0.5, 0.6) is 0 Å². The molecule has 1 aliphatic heterocycles. The summed E-state index contributed by atoms with van der Waals surface area (Å²) in [6, 6.07) is 4.62. The molecule has 0 unspecified atom stereocenters. The van der Waals surface area contributed by atoms with Crippen molar-refractivity contribution in [2.75, 3.05) is 11.9 Å². The Morgan fingerprint density at radius 3 is 2.82 bits per heavy atom. The molecule has 1 fully saturated rings. The lowest BCUT2D eigenvalue weighted by molar-refractivity contribution is -0.126. The van der Waals surface area contributed by atoms with E-state index in [9.17, 15) is 13.6 Å². The van der Waals surface area contributed by atoms with Gasteiger partial charge in [-0.3, -0.25) is 4.79 Å². The average Bonchev–Trinajstić information content (AvgIpc) is 2.91. The molecular weight excluding hydrogens is 357 g/mol.